The van der Waals surface area contributed by atoms with E-state index in [0.717, 1.165) is 6.07 Å². The molecule has 0 saturated carbocycles. The molecule has 2 aromatic carbocycles. The normalized spacial score (nSPS) is 15.5. The number of fused-ring (bicyclic) bond motifs is 1. The van der Waals surface area contributed by atoms with Crippen molar-refractivity contribution in [1.29, 1.82) is 0 Å². The van der Waals surface area contributed by atoms with Gasteiger partial charge >= 0.3 is 5.97 Å². The molecule has 7 heteroatoms. The molecule has 126 valence electrons. The Morgan fingerprint density at radius 3 is 2.56 bits per heavy atom. The molecule has 0 spiro atoms. The minimum Gasteiger partial charge on any atom is -0.478 e. The number of nitrogens with zero attached hydrogens (tertiary/aromatic N) is 1. The summed E-state index contributed by atoms with van der Waals surface area (Å²) >= 11 is 5.72. The second kappa shape index (κ2) is 6.14. The first kappa shape index (κ1) is 16.9. The zero-order chi connectivity index (χ0) is 18.3. The second-order valence-electron chi connectivity index (χ2n) is 5.46. The average Bonchev–Trinajstić information content (AvgIpc) is 2.59. The summed E-state index contributed by atoms with van der Waals surface area (Å²) in [6, 6.07) is 7.79. The van der Waals surface area contributed by atoms with Crippen molar-refractivity contribution in [2.75, 3.05) is 11.9 Å². The fourth-order valence-corrected chi connectivity index (χ4v) is 2.76. The van der Waals surface area contributed by atoms with Crippen LogP contribution in [0, 0.1) is 5.82 Å². The van der Waals surface area contributed by atoms with Gasteiger partial charge in [0.2, 0.25) is 5.78 Å². The van der Waals surface area contributed by atoms with Crippen molar-refractivity contribution >= 4 is 41.0 Å². The first-order valence-electron chi connectivity index (χ1n) is 7.16. The topological polar surface area (TPSA) is 74.7 Å². The first-order chi connectivity index (χ1) is 11.8. The third-order valence-electron chi connectivity index (χ3n) is 3.88. The predicted molar refractivity (Wildman–Crippen MR) is 90.5 cm³/mol. The number of halogens is 2. The monoisotopic (exact) mass is 359 g/mol. The van der Waals surface area contributed by atoms with Crippen LogP contribution in [0.3, 0.4) is 0 Å². The molecule has 1 heterocycles. The van der Waals surface area contributed by atoms with E-state index in [2.05, 4.69) is 0 Å². The molecule has 0 fully saturated rings. The summed E-state index contributed by atoms with van der Waals surface area (Å²) in [5.41, 5.74) is 0.615. The Labute approximate surface area is 146 Å². The molecule has 2 aromatic rings. The van der Waals surface area contributed by atoms with Crippen molar-refractivity contribution in [2.45, 2.75) is 0 Å². The van der Waals surface area contributed by atoms with Crippen molar-refractivity contribution in [3.05, 3.63) is 69.5 Å². The fraction of sp³-hybridized carbons (Fsp3) is 0.0556. The zero-order valence-corrected chi connectivity index (χ0v) is 13.7. The van der Waals surface area contributed by atoms with E-state index in [1.54, 1.807) is 0 Å². The summed E-state index contributed by atoms with van der Waals surface area (Å²) in [4.78, 5) is 37.6. The van der Waals surface area contributed by atoms with Crippen molar-refractivity contribution in [3.63, 3.8) is 0 Å². The molecule has 3 rings (SSSR count). The van der Waals surface area contributed by atoms with Gasteiger partial charge in [-0.25, -0.2) is 9.18 Å². The van der Waals surface area contributed by atoms with Gasteiger partial charge in [-0.15, -0.1) is 0 Å². The fourth-order valence-electron chi connectivity index (χ4n) is 2.57. The summed E-state index contributed by atoms with van der Waals surface area (Å²) < 4.78 is 13.3. The Balaban J connectivity index is 2.13. The molecule has 1 aliphatic rings. The molecule has 0 aromatic heterocycles. The summed E-state index contributed by atoms with van der Waals surface area (Å²) in [7, 11) is 1.49. The van der Waals surface area contributed by atoms with Gasteiger partial charge in [0.1, 0.15) is 5.82 Å². The lowest BCUT2D eigenvalue weighted by atomic mass is 9.92. The second-order valence-corrected chi connectivity index (χ2v) is 5.87. The predicted octanol–water partition coefficient (Wildman–Crippen LogP) is 3.42. The molecule has 0 atom stereocenters. The van der Waals surface area contributed by atoms with Gasteiger partial charge in [-0.2, -0.15) is 0 Å². The maximum Gasteiger partial charge on any atom is 0.335 e. The smallest absolute Gasteiger partial charge is 0.335 e. The number of aromatic carboxylic acids is 1. The van der Waals surface area contributed by atoms with E-state index in [-0.39, 0.29) is 21.7 Å². The average molecular weight is 360 g/mol. The van der Waals surface area contributed by atoms with E-state index >= 15 is 0 Å². The standard InChI is InChI=1S/C18H11ClFNO4/c1-21-15-5-3-10(18(24)25)8-11(15)16(22)12(17(21)23)6-9-2-4-14(20)13(19)7-9/h2-8H,1H3,(H,24,25). The summed E-state index contributed by atoms with van der Waals surface area (Å²) in [5, 5.41) is 8.96. The van der Waals surface area contributed by atoms with Crippen LogP contribution in [0.25, 0.3) is 6.08 Å². The van der Waals surface area contributed by atoms with Crippen LogP contribution in [-0.2, 0) is 4.79 Å². The van der Waals surface area contributed by atoms with Gasteiger partial charge in [0.25, 0.3) is 5.91 Å². The minimum absolute atomic E-state index is 0.0565. The maximum atomic E-state index is 13.3. The summed E-state index contributed by atoms with van der Waals surface area (Å²) in [6.07, 6.45) is 1.31. The molecule has 0 saturated heterocycles. The molecule has 0 aliphatic carbocycles. The van der Waals surface area contributed by atoms with Crippen molar-refractivity contribution < 1.29 is 23.9 Å². The lowest BCUT2D eigenvalue weighted by molar-refractivity contribution is -0.114. The van der Waals surface area contributed by atoms with Gasteiger partial charge in [-0.3, -0.25) is 9.59 Å². The number of Topliss-reactive ketones (excluding diaryl/α,β-unsaturated/α-hetero) is 1. The maximum absolute atomic E-state index is 13.3. The first-order valence-corrected chi connectivity index (χ1v) is 7.54. The van der Waals surface area contributed by atoms with Gasteiger partial charge in [0.05, 0.1) is 21.8 Å². The molecule has 0 unspecified atom stereocenters. The van der Waals surface area contributed by atoms with E-state index in [0.29, 0.717) is 11.3 Å². The molecular weight excluding hydrogens is 349 g/mol. The van der Waals surface area contributed by atoms with Crippen LogP contribution >= 0.6 is 11.6 Å². The van der Waals surface area contributed by atoms with Crippen molar-refractivity contribution in [3.8, 4) is 0 Å². The number of anilines is 1. The molecule has 0 bridgehead atoms. The van der Waals surface area contributed by atoms with E-state index in [9.17, 15) is 18.8 Å². The summed E-state index contributed by atoms with van der Waals surface area (Å²) in [5.74, 6) is -2.92. The van der Waals surface area contributed by atoms with Crippen molar-refractivity contribution in [2.24, 2.45) is 0 Å². The minimum atomic E-state index is -1.18. The number of benzene rings is 2. The van der Waals surface area contributed by atoms with Crippen LogP contribution in [0.4, 0.5) is 10.1 Å². The van der Waals surface area contributed by atoms with Gasteiger partial charge < -0.3 is 10.0 Å². The lowest BCUT2D eigenvalue weighted by Crippen LogP contribution is -2.36. The van der Waals surface area contributed by atoms with Crippen LogP contribution in [0.2, 0.25) is 5.02 Å². The van der Waals surface area contributed by atoms with Crippen LogP contribution in [-0.4, -0.2) is 29.8 Å². The Kier molecular flexibility index (Phi) is 4.14. The van der Waals surface area contributed by atoms with Crippen LogP contribution in [0.1, 0.15) is 26.3 Å². The van der Waals surface area contributed by atoms with Gasteiger partial charge in [0, 0.05) is 12.6 Å². The number of carbonyl (C=O) groups excluding carboxylic acids is 2. The highest BCUT2D eigenvalue weighted by Gasteiger charge is 2.33. The lowest BCUT2D eigenvalue weighted by Gasteiger charge is -2.26. The van der Waals surface area contributed by atoms with Crippen molar-refractivity contribution in [1.82, 2.24) is 0 Å². The van der Waals surface area contributed by atoms with Crippen LogP contribution < -0.4 is 4.90 Å². The SMILES string of the molecule is CN1C(=O)C(=Cc2ccc(F)c(Cl)c2)C(=O)c2cc(C(=O)O)ccc21. The Bertz CT molecular complexity index is 968. The summed E-state index contributed by atoms with van der Waals surface area (Å²) in [6.45, 7) is 0. The number of likely N-dealkylation sites (N-methyl/N-ethyl adjacent to an activating group) is 1. The third kappa shape index (κ3) is 2.92. The van der Waals surface area contributed by atoms with Crippen LogP contribution in [0.5, 0.6) is 0 Å². The highest BCUT2D eigenvalue weighted by Crippen LogP contribution is 2.31. The molecular formula is C18H11ClFNO4. The number of carbonyl (C=O) groups is 3. The Hall–Kier alpha value is -2.99. The molecule has 1 aliphatic heterocycles. The Morgan fingerprint density at radius 2 is 1.92 bits per heavy atom. The number of rotatable bonds is 2. The number of hydrogen-bond donors (Lipinski definition) is 1. The van der Waals surface area contributed by atoms with E-state index < -0.39 is 23.5 Å². The zero-order valence-electron chi connectivity index (χ0n) is 12.9. The third-order valence-corrected chi connectivity index (χ3v) is 4.17. The highest BCUT2D eigenvalue weighted by molar-refractivity contribution is 6.37. The Morgan fingerprint density at radius 1 is 1.20 bits per heavy atom. The molecule has 5 nitrogen and oxygen atoms in total. The number of carboxylic acids is 1. The number of amides is 1. The molecule has 1 amide bonds. The number of carboxylic acid groups (broad SMARTS) is 1. The van der Waals surface area contributed by atoms with Gasteiger partial charge in [0.15, 0.2) is 0 Å². The molecule has 1 N–H and O–H groups in total. The van der Waals surface area contributed by atoms with E-state index in [4.69, 9.17) is 16.7 Å². The highest BCUT2D eigenvalue weighted by atomic mass is 35.5. The van der Waals surface area contributed by atoms with E-state index in [1.807, 2.05) is 0 Å². The number of hydrogen-bond acceptors (Lipinski definition) is 3. The largest absolute Gasteiger partial charge is 0.478 e. The van der Waals surface area contributed by atoms with E-state index in [1.165, 1.54) is 48.4 Å². The molecule has 25 heavy (non-hydrogen) atoms. The van der Waals surface area contributed by atoms with Crippen LogP contribution in [0.15, 0.2) is 42.0 Å². The molecule has 0 radical (unpaired) electrons. The quantitative estimate of drug-likeness (QED) is 0.658. The number of ketones is 1. The van der Waals surface area contributed by atoms with Gasteiger partial charge in [-0.1, -0.05) is 17.7 Å². The van der Waals surface area contributed by atoms with Gasteiger partial charge in [-0.05, 0) is 42.0 Å².